The number of piperazine rings is 1. The summed E-state index contributed by atoms with van der Waals surface area (Å²) in [6, 6.07) is 9.74. The maximum absolute atomic E-state index is 13.9. The van der Waals surface area contributed by atoms with Gasteiger partial charge in [0.15, 0.2) is 5.76 Å². The van der Waals surface area contributed by atoms with Crippen molar-refractivity contribution in [1.29, 1.82) is 0 Å². The summed E-state index contributed by atoms with van der Waals surface area (Å²) in [5.41, 5.74) is 0.378. The maximum Gasteiger partial charge on any atom is 0.289 e. The van der Waals surface area contributed by atoms with Gasteiger partial charge in [-0.05, 0) is 50.2 Å². The van der Waals surface area contributed by atoms with Crippen LogP contribution in [0.5, 0.6) is 0 Å². The number of carbonyl (C=O) groups excluding carboxylic acids is 1. The second-order valence-electron chi connectivity index (χ2n) is 7.33. The van der Waals surface area contributed by atoms with E-state index in [1.165, 1.54) is 32.0 Å². The molecule has 4 rings (SSSR count). The minimum absolute atomic E-state index is 0.114. The average Bonchev–Trinajstić information content (AvgIpc) is 3.39. The highest BCUT2D eigenvalue weighted by molar-refractivity contribution is 5.92. The Kier molecular flexibility index (Phi) is 5.55. The van der Waals surface area contributed by atoms with E-state index in [1.807, 2.05) is 4.90 Å². The minimum Gasteiger partial charge on any atom is -0.451 e. The van der Waals surface area contributed by atoms with E-state index in [4.69, 9.17) is 4.42 Å². The Morgan fingerprint density at radius 2 is 1.56 bits per heavy atom. The van der Waals surface area contributed by atoms with Crippen molar-refractivity contribution in [3.05, 3.63) is 48.0 Å². The van der Waals surface area contributed by atoms with Crippen LogP contribution in [0.25, 0.3) is 11.3 Å². The van der Waals surface area contributed by atoms with Gasteiger partial charge >= 0.3 is 0 Å². The maximum atomic E-state index is 13.9. The molecule has 0 N–H and O–H groups in total. The van der Waals surface area contributed by atoms with E-state index in [0.717, 1.165) is 26.2 Å². The summed E-state index contributed by atoms with van der Waals surface area (Å²) in [6.07, 6.45) is 2.64. The Bertz CT molecular complexity index is 777. The standard InChI is InChI=1S/C21H26FN3O2/c22-18-6-2-1-5-17(18)19-7-8-20(27-19)21(26)25-15-13-24(14-16-25)12-11-23-9-3-4-10-23/h1-2,5-8H,3-4,9-16H2. The van der Waals surface area contributed by atoms with Crippen molar-refractivity contribution >= 4 is 5.91 Å². The van der Waals surface area contributed by atoms with Crippen molar-refractivity contribution in [3.8, 4) is 11.3 Å². The molecule has 0 saturated carbocycles. The van der Waals surface area contributed by atoms with Crippen molar-refractivity contribution < 1.29 is 13.6 Å². The molecule has 0 unspecified atom stereocenters. The third-order valence-electron chi connectivity index (χ3n) is 5.55. The van der Waals surface area contributed by atoms with Crippen LogP contribution < -0.4 is 0 Å². The molecule has 144 valence electrons. The number of rotatable bonds is 5. The van der Waals surface area contributed by atoms with E-state index in [0.29, 0.717) is 24.4 Å². The third kappa shape index (κ3) is 4.22. The quantitative estimate of drug-likeness (QED) is 0.810. The van der Waals surface area contributed by atoms with E-state index in [9.17, 15) is 9.18 Å². The fourth-order valence-corrected chi connectivity index (χ4v) is 3.88. The van der Waals surface area contributed by atoms with Gasteiger partial charge in [-0.25, -0.2) is 4.39 Å². The lowest BCUT2D eigenvalue weighted by molar-refractivity contribution is 0.0597. The summed E-state index contributed by atoms with van der Waals surface area (Å²) in [5, 5.41) is 0. The zero-order valence-electron chi connectivity index (χ0n) is 15.6. The molecular formula is C21H26FN3O2. The number of halogens is 1. The Hall–Kier alpha value is -2.18. The normalized spacial score (nSPS) is 18.9. The van der Waals surface area contributed by atoms with Gasteiger partial charge in [0.25, 0.3) is 5.91 Å². The second-order valence-corrected chi connectivity index (χ2v) is 7.33. The molecule has 0 aliphatic carbocycles. The second kappa shape index (κ2) is 8.23. The largest absolute Gasteiger partial charge is 0.451 e. The van der Waals surface area contributed by atoms with Crippen LogP contribution in [0.4, 0.5) is 4.39 Å². The minimum atomic E-state index is -0.350. The molecule has 0 radical (unpaired) electrons. The molecule has 1 aromatic heterocycles. The van der Waals surface area contributed by atoms with Gasteiger partial charge < -0.3 is 14.2 Å². The lowest BCUT2D eigenvalue weighted by Gasteiger charge is -2.35. The van der Waals surface area contributed by atoms with Gasteiger partial charge in [0.1, 0.15) is 11.6 Å². The van der Waals surface area contributed by atoms with Crippen LogP contribution >= 0.6 is 0 Å². The summed E-state index contributed by atoms with van der Waals surface area (Å²) >= 11 is 0. The molecule has 2 aliphatic heterocycles. The van der Waals surface area contributed by atoms with E-state index in [1.54, 1.807) is 30.3 Å². The molecule has 5 nitrogen and oxygen atoms in total. The van der Waals surface area contributed by atoms with Crippen LogP contribution in [0, 0.1) is 5.82 Å². The number of likely N-dealkylation sites (tertiary alicyclic amines) is 1. The van der Waals surface area contributed by atoms with Crippen LogP contribution in [0.1, 0.15) is 23.4 Å². The van der Waals surface area contributed by atoms with Gasteiger partial charge in [-0.2, -0.15) is 0 Å². The van der Waals surface area contributed by atoms with Gasteiger partial charge in [0, 0.05) is 39.3 Å². The first-order chi connectivity index (χ1) is 13.2. The Morgan fingerprint density at radius 3 is 2.26 bits per heavy atom. The smallest absolute Gasteiger partial charge is 0.289 e. The van der Waals surface area contributed by atoms with Crippen molar-refractivity contribution in [2.75, 3.05) is 52.4 Å². The summed E-state index contributed by atoms with van der Waals surface area (Å²) < 4.78 is 19.6. The summed E-state index contributed by atoms with van der Waals surface area (Å²) in [4.78, 5) is 19.5. The fourth-order valence-electron chi connectivity index (χ4n) is 3.88. The fraction of sp³-hybridized carbons (Fsp3) is 0.476. The number of carbonyl (C=O) groups is 1. The monoisotopic (exact) mass is 371 g/mol. The SMILES string of the molecule is O=C(c1ccc(-c2ccccc2F)o1)N1CCN(CCN2CCCC2)CC1. The average molecular weight is 371 g/mol. The molecule has 1 aromatic carbocycles. The molecule has 2 aliphatic rings. The highest BCUT2D eigenvalue weighted by Crippen LogP contribution is 2.25. The van der Waals surface area contributed by atoms with Crippen molar-refractivity contribution in [3.63, 3.8) is 0 Å². The topological polar surface area (TPSA) is 39.9 Å². The number of nitrogens with zero attached hydrogens (tertiary/aromatic N) is 3. The third-order valence-corrected chi connectivity index (χ3v) is 5.55. The Morgan fingerprint density at radius 1 is 0.889 bits per heavy atom. The van der Waals surface area contributed by atoms with E-state index in [-0.39, 0.29) is 17.5 Å². The Labute approximate surface area is 159 Å². The van der Waals surface area contributed by atoms with Crippen molar-refractivity contribution in [1.82, 2.24) is 14.7 Å². The number of benzene rings is 1. The molecule has 0 atom stereocenters. The highest BCUT2D eigenvalue weighted by Gasteiger charge is 2.25. The number of amides is 1. The van der Waals surface area contributed by atoms with Crippen LogP contribution in [0.2, 0.25) is 0 Å². The first kappa shape index (κ1) is 18.2. The van der Waals surface area contributed by atoms with Gasteiger partial charge in [-0.3, -0.25) is 9.69 Å². The molecule has 2 fully saturated rings. The van der Waals surface area contributed by atoms with Crippen LogP contribution in [-0.4, -0.2) is 73.0 Å². The first-order valence-corrected chi connectivity index (χ1v) is 9.79. The molecule has 3 heterocycles. The van der Waals surface area contributed by atoms with E-state index >= 15 is 0 Å². The number of hydrogen-bond donors (Lipinski definition) is 0. The Balaban J connectivity index is 1.31. The molecule has 6 heteroatoms. The number of furan rings is 1. The molecule has 0 bridgehead atoms. The highest BCUT2D eigenvalue weighted by atomic mass is 19.1. The molecule has 27 heavy (non-hydrogen) atoms. The number of hydrogen-bond acceptors (Lipinski definition) is 4. The molecule has 2 aromatic rings. The summed E-state index contributed by atoms with van der Waals surface area (Å²) in [5.74, 6) is 0.203. The predicted octanol–water partition coefficient (Wildman–Crippen LogP) is 2.94. The van der Waals surface area contributed by atoms with Crippen LogP contribution in [0.3, 0.4) is 0 Å². The molecular weight excluding hydrogens is 345 g/mol. The van der Waals surface area contributed by atoms with Crippen LogP contribution in [0.15, 0.2) is 40.8 Å². The van der Waals surface area contributed by atoms with Gasteiger partial charge in [-0.15, -0.1) is 0 Å². The zero-order valence-corrected chi connectivity index (χ0v) is 15.6. The lowest BCUT2D eigenvalue weighted by atomic mass is 10.1. The van der Waals surface area contributed by atoms with Crippen LogP contribution in [-0.2, 0) is 0 Å². The van der Waals surface area contributed by atoms with Gasteiger partial charge in [-0.1, -0.05) is 12.1 Å². The lowest BCUT2D eigenvalue weighted by Crippen LogP contribution is -2.50. The summed E-state index contributed by atoms with van der Waals surface area (Å²) in [7, 11) is 0. The first-order valence-electron chi connectivity index (χ1n) is 9.79. The van der Waals surface area contributed by atoms with Gasteiger partial charge in [0.2, 0.25) is 0 Å². The molecule has 1 amide bonds. The van der Waals surface area contributed by atoms with E-state index in [2.05, 4.69) is 9.80 Å². The van der Waals surface area contributed by atoms with Gasteiger partial charge in [0.05, 0.1) is 5.56 Å². The summed E-state index contributed by atoms with van der Waals surface area (Å²) in [6.45, 7) is 7.82. The molecule has 0 spiro atoms. The van der Waals surface area contributed by atoms with E-state index < -0.39 is 0 Å². The zero-order chi connectivity index (χ0) is 18.6. The predicted molar refractivity (Wildman–Crippen MR) is 102 cm³/mol. The van der Waals surface area contributed by atoms with Crippen molar-refractivity contribution in [2.24, 2.45) is 0 Å². The molecule has 2 saturated heterocycles. The van der Waals surface area contributed by atoms with Crippen molar-refractivity contribution in [2.45, 2.75) is 12.8 Å².